The van der Waals surface area contributed by atoms with Crippen molar-refractivity contribution in [3.8, 4) is 5.69 Å². The summed E-state index contributed by atoms with van der Waals surface area (Å²) in [5.74, 6) is -0.303. The number of halogens is 2. The zero-order valence-corrected chi connectivity index (χ0v) is 21.5. The van der Waals surface area contributed by atoms with Gasteiger partial charge in [0, 0.05) is 56.1 Å². The van der Waals surface area contributed by atoms with Gasteiger partial charge < -0.3 is 14.6 Å². The van der Waals surface area contributed by atoms with Crippen LogP contribution in [0.5, 0.6) is 0 Å². The van der Waals surface area contributed by atoms with Gasteiger partial charge >= 0.3 is 0 Å². The van der Waals surface area contributed by atoms with Gasteiger partial charge in [0.25, 0.3) is 0 Å². The Labute approximate surface area is 223 Å². The average molecular weight is 535 g/mol. The van der Waals surface area contributed by atoms with Crippen molar-refractivity contribution in [1.29, 1.82) is 0 Å². The van der Waals surface area contributed by atoms with Crippen molar-refractivity contribution in [1.82, 2.24) is 29.3 Å². The first-order valence-electron chi connectivity index (χ1n) is 12.8. The Morgan fingerprint density at radius 3 is 2.51 bits per heavy atom. The highest BCUT2D eigenvalue weighted by atomic mass is 19.1. The van der Waals surface area contributed by atoms with E-state index in [2.05, 4.69) is 20.3 Å². The summed E-state index contributed by atoms with van der Waals surface area (Å²) < 4.78 is 37.0. The molecule has 2 saturated heterocycles. The van der Waals surface area contributed by atoms with Crippen molar-refractivity contribution in [2.75, 3.05) is 63.2 Å². The average Bonchev–Trinajstić information content (AvgIpc) is 3.35. The molecule has 10 nitrogen and oxygen atoms in total. The Morgan fingerprint density at radius 1 is 1.00 bits per heavy atom. The van der Waals surface area contributed by atoms with Gasteiger partial charge in [-0.1, -0.05) is 0 Å². The molecule has 39 heavy (non-hydrogen) atoms. The van der Waals surface area contributed by atoms with Crippen molar-refractivity contribution in [3.63, 3.8) is 0 Å². The van der Waals surface area contributed by atoms with Crippen LogP contribution in [0, 0.1) is 11.6 Å². The maximum atomic E-state index is 15.0. The summed E-state index contributed by atoms with van der Waals surface area (Å²) in [6.45, 7) is 4.32. The Bertz CT molecular complexity index is 1480. The summed E-state index contributed by atoms with van der Waals surface area (Å²) in [4.78, 5) is 31.3. The summed E-state index contributed by atoms with van der Waals surface area (Å²) in [7, 11) is 1.91. The Hall–Kier alpha value is -4.00. The number of carbonyl (C=O) groups excluding carboxylic acids is 1. The lowest BCUT2D eigenvalue weighted by Gasteiger charge is -2.31. The highest BCUT2D eigenvalue weighted by molar-refractivity contribution is 5.94. The van der Waals surface area contributed by atoms with Crippen molar-refractivity contribution in [2.24, 2.45) is 0 Å². The number of pyridine rings is 1. The molecule has 0 atom stereocenters. The van der Waals surface area contributed by atoms with Crippen molar-refractivity contribution < 1.29 is 18.3 Å². The number of likely N-dealkylation sites (N-methyl/N-ethyl adjacent to an activating group) is 1. The summed E-state index contributed by atoms with van der Waals surface area (Å²) in [6, 6.07) is 8.03. The number of fused-ring (bicyclic) bond motifs is 1. The van der Waals surface area contributed by atoms with Crippen molar-refractivity contribution >= 4 is 34.4 Å². The van der Waals surface area contributed by atoms with Crippen molar-refractivity contribution in [2.45, 2.75) is 6.54 Å². The zero-order valence-electron chi connectivity index (χ0n) is 21.5. The molecule has 2 aliphatic heterocycles. The van der Waals surface area contributed by atoms with E-state index >= 15 is 8.78 Å². The van der Waals surface area contributed by atoms with Gasteiger partial charge in [0.1, 0.15) is 23.1 Å². The van der Waals surface area contributed by atoms with Crippen LogP contribution in [0.4, 0.5) is 26.2 Å². The number of hydrogen-bond acceptors (Lipinski definition) is 8. The minimum absolute atomic E-state index is 0.00788. The van der Waals surface area contributed by atoms with Crippen LogP contribution in [0.15, 0.2) is 48.9 Å². The topological polar surface area (TPSA) is 91.7 Å². The number of ether oxygens (including phenoxy) is 1. The summed E-state index contributed by atoms with van der Waals surface area (Å²) in [6.07, 6.45) is 4.97. The van der Waals surface area contributed by atoms with E-state index in [9.17, 15) is 4.79 Å². The quantitative estimate of drug-likeness (QED) is 0.404. The molecular weight excluding hydrogens is 506 g/mol. The van der Waals surface area contributed by atoms with E-state index < -0.39 is 11.6 Å². The highest BCUT2D eigenvalue weighted by Gasteiger charge is 2.24. The maximum Gasteiger partial charge on any atom is 0.242 e. The molecule has 2 aliphatic rings. The van der Waals surface area contributed by atoms with Gasteiger partial charge in [-0.05, 0) is 37.4 Å². The van der Waals surface area contributed by atoms with Gasteiger partial charge in [0.15, 0.2) is 0 Å². The molecule has 6 rings (SSSR count). The van der Waals surface area contributed by atoms with Crippen molar-refractivity contribution in [3.05, 3.63) is 66.1 Å². The normalized spacial score (nSPS) is 17.2. The molecular formula is C27H28F2N8O2. The molecule has 1 aromatic carbocycles. The fourth-order valence-corrected chi connectivity index (χ4v) is 4.83. The largest absolute Gasteiger partial charge is 0.379 e. The molecule has 5 heterocycles. The van der Waals surface area contributed by atoms with Crippen LogP contribution >= 0.6 is 0 Å². The maximum absolute atomic E-state index is 15.0. The molecule has 0 radical (unpaired) electrons. The first-order valence-corrected chi connectivity index (χ1v) is 12.8. The van der Waals surface area contributed by atoms with Crippen LogP contribution in [0.1, 0.15) is 5.56 Å². The SMILES string of the molecule is CN1CCN(c2ccc(Nc3ncc4ccn(-c5cc(F)c(CN6CCOCC6)c(F)c5)c4n3)cn2)C(=O)C1. The molecule has 3 aromatic heterocycles. The first-order chi connectivity index (χ1) is 18.9. The Morgan fingerprint density at radius 2 is 1.79 bits per heavy atom. The van der Waals surface area contributed by atoms with E-state index in [1.165, 1.54) is 12.1 Å². The van der Waals surface area contributed by atoms with Crippen LogP contribution in [0.25, 0.3) is 16.7 Å². The van der Waals surface area contributed by atoms with Gasteiger partial charge in [-0.25, -0.2) is 18.7 Å². The second-order valence-corrected chi connectivity index (χ2v) is 9.75. The first kappa shape index (κ1) is 25.3. The summed E-state index contributed by atoms with van der Waals surface area (Å²) >= 11 is 0. The third-order valence-electron chi connectivity index (χ3n) is 7.01. The number of amides is 1. The number of nitrogens with zero attached hydrogens (tertiary/aromatic N) is 7. The van der Waals surface area contributed by atoms with Gasteiger partial charge in [0.05, 0.1) is 37.3 Å². The van der Waals surface area contributed by atoms with Crippen LogP contribution in [-0.4, -0.2) is 88.2 Å². The number of aromatic nitrogens is 4. The number of anilines is 3. The molecule has 0 spiro atoms. The number of morpholine rings is 1. The zero-order chi connectivity index (χ0) is 26.9. The second kappa shape index (κ2) is 10.6. The van der Waals surface area contributed by atoms with Crippen LogP contribution in [0.2, 0.25) is 0 Å². The predicted molar refractivity (Wildman–Crippen MR) is 142 cm³/mol. The van der Waals surface area contributed by atoms with E-state index in [1.54, 1.807) is 46.3 Å². The van der Waals surface area contributed by atoms with E-state index in [4.69, 9.17) is 4.74 Å². The lowest BCUT2D eigenvalue weighted by atomic mass is 10.1. The monoisotopic (exact) mass is 534 g/mol. The second-order valence-electron chi connectivity index (χ2n) is 9.75. The van der Waals surface area contributed by atoms with Gasteiger partial charge in [-0.15, -0.1) is 0 Å². The minimum Gasteiger partial charge on any atom is -0.379 e. The molecule has 0 bridgehead atoms. The number of rotatable bonds is 6. The number of hydrogen-bond donors (Lipinski definition) is 1. The van der Waals surface area contributed by atoms with Crippen LogP contribution in [-0.2, 0) is 16.1 Å². The van der Waals surface area contributed by atoms with Gasteiger partial charge in [-0.3, -0.25) is 19.5 Å². The predicted octanol–water partition coefficient (Wildman–Crippen LogP) is 2.95. The molecule has 12 heteroatoms. The Balaban J connectivity index is 1.21. The molecule has 0 saturated carbocycles. The fourth-order valence-electron chi connectivity index (χ4n) is 4.83. The molecule has 2 fully saturated rings. The lowest BCUT2D eigenvalue weighted by molar-refractivity contribution is -0.120. The molecule has 0 aliphatic carbocycles. The molecule has 202 valence electrons. The van der Waals surface area contributed by atoms with Gasteiger partial charge in [0.2, 0.25) is 11.9 Å². The highest BCUT2D eigenvalue weighted by Crippen LogP contribution is 2.25. The number of piperazine rings is 1. The summed E-state index contributed by atoms with van der Waals surface area (Å²) in [5.41, 5.74) is 1.52. The van der Waals surface area contributed by atoms with E-state index in [0.717, 1.165) is 11.9 Å². The third-order valence-corrected chi connectivity index (χ3v) is 7.01. The molecule has 0 unspecified atom stereocenters. The van der Waals surface area contributed by atoms with E-state index in [1.807, 2.05) is 16.8 Å². The van der Waals surface area contributed by atoms with Crippen LogP contribution < -0.4 is 10.2 Å². The molecule has 1 N–H and O–H groups in total. The molecule has 1 amide bonds. The Kier molecular flexibility index (Phi) is 6.90. The fraction of sp³-hybridized carbons (Fsp3) is 0.333. The van der Waals surface area contributed by atoms with E-state index in [-0.39, 0.29) is 18.0 Å². The number of carbonyl (C=O) groups is 1. The molecule has 4 aromatic rings. The lowest BCUT2D eigenvalue weighted by Crippen LogP contribution is -2.49. The number of benzene rings is 1. The summed E-state index contributed by atoms with van der Waals surface area (Å²) in [5, 5.41) is 3.84. The number of nitrogens with one attached hydrogen (secondary N) is 1. The minimum atomic E-state index is -0.601. The van der Waals surface area contributed by atoms with Gasteiger partial charge in [-0.2, -0.15) is 4.98 Å². The smallest absolute Gasteiger partial charge is 0.242 e. The third kappa shape index (κ3) is 5.31. The van der Waals surface area contributed by atoms with Crippen LogP contribution in [0.3, 0.4) is 0 Å². The van der Waals surface area contributed by atoms with E-state index in [0.29, 0.717) is 68.2 Å². The standard InChI is InChI=1S/C27H28F2N8O2/c1-34-6-7-37(25(38)17-34)24-3-2-19(15-30-24)32-27-31-14-18-4-5-36(26(18)33-27)20-12-22(28)21(23(29)13-20)16-35-8-10-39-11-9-35/h2-5,12-15H,6-11,16-17H2,1H3,(H,31,32,33).